The first-order chi connectivity index (χ1) is 17.5. The van der Waals surface area contributed by atoms with Crippen molar-refractivity contribution < 1.29 is 26.3 Å². The van der Waals surface area contributed by atoms with Gasteiger partial charge < -0.3 is 15.5 Å². The van der Waals surface area contributed by atoms with Crippen molar-refractivity contribution in [3.05, 3.63) is 47.9 Å². The molecule has 3 aromatic heterocycles. The highest BCUT2D eigenvalue weighted by Gasteiger charge is 2.34. The van der Waals surface area contributed by atoms with Crippen LogP contribution in [0.1, 0.15) is 24.2 Å². The number of rotatable bonds is 7. The summed E-state index contributed by atoms with van der Waals surface area (Å²) in [6.07, 6.45) is -6.60. The Balaban J connectivity index is 1.72. The molecule has 1 aliphatic heterocycles. The van der Waals surface area contributed by atoms with Crippen LogP contribution < -0.4 is 15.5 Å². The molecule has 8 nitrogen and oxygen atoms in total. The largest absolute Gasteiger partial charge is 0.433 e. The van der Waals surface area contributed by atoms with Crippen LogP contribution in [-0.2, 0) is 12.4 Å². The molecule has 15 heteroatoms. The summed E-state index contributed by atoms with van der Waals surface area (Å²) in [5.74, 6) is -0.107. The number of hydrogen-bond acceptors (Lipinski definition) is 8. The zero-order valence-corrected chi connectivity index (χ0v) is 21.3. The quantitative estimate of drug-likeness (QED) is 0.210. The van der Waals surface area contributed by atoms with E-state index in [2.05, 4.69) is 58.1 Å². The average Bonchev–Trinajstić information content (AvgIpc) is 2.87. The van der Waals surface area contributed by atoms with Crippen LogP contribution >= 0.6 is 22.6 Å². The zero-order valence-electron chi connectivity index (χ0n) is 19.1. The highest BCUT2D eigenvalue weighted by Crippen LogP contribution is 2.31. The summed E-state index contributed by atoms with van der Waals surface area (Å²) in [6.45, 7) is 1.95. The van der Waals surface area contributed by atoms with Gasteiger partial charge in [0.1, 0.15) is 17.1 Å². The summed E-state index contributed by atoms with van der Waals surface area (Å²) in [5.41, 5.74) is -2.38. The monoisotopic (exact) mass is 638 g/mol. The Bertz CT molecular complexity index is 1220. The van der Waals surface area contributed by atoms with Crippen LogP contribution in [0.25, 0.3) is 11.5 Å². The molecule has 1 aliphatic rings. The molecule has 0 amide bonds. The molecule has 0 saturated carbocycles. The number of alkyl halides is 7. The Morgan fingerprint density at radius 3 is 2.49 bits per heavy atom. The molecule has 1 fully saturated rings. The number of nitrogens with zero attached hydrogens (tertiary/aromatic N) is 6. The third-order valence-corrected chi connectivity index (χ3v) is 5.97. The van der Waals surface area contributed by atoms with Gasteiger partial charge in [-0.3, -0.25) is 4.98 Å². The molecule has 4 rings (SSSR count). The van der Waals surface area contributed by atoms with Crippen LogP contribution in [0.15, 0.2) is 36.5 Å². The van der Waals surface area contributed by atoms with Gasteiger partial charge in [-0.1, -0.05) is 28.7 Å². The van der Waals surface area contributed by atoms with Crippen molar-refractivity contribution in [3.63, 3.8) is 0 Å². The van der Waals surface area contributed by atoms with E-state index in [1.807, 2.05) is 4.90 Å². The fourth-order valence-electron chi connectivity index (χ4n) is 3.77. The summed E-state index contributed by atoms with van der Waals surface area (Å²) >= 11 is 2.26. The van der Waals surface area contributed by atoms with Crippen LogP contribution in [-0.4, -0.2) is 55.0 Å². The first-order valence-corrected chi connectivity index (χ1v) is 12.7. The number of piperidine rings is 1. The lowest BCUT2D eigenvalue weighted by molar-refractivity contribution is -0.141. The number of pyridine rings is 2. The minimum Gasteiger partial charge on any atom is -0.339 e. The van der Waals surface area contributed by atoms with E-state index in [-0.39, 0.29) is 35.1 Å². The van der Waals surface area contributed by atoms with Crippen molar-refractivity contribution in [2.24, 2.45) is 0 Å². The minimum atomic E-state index is -4.68. The van der Waals surface area contributed by atoms with Crippen molar-refractivity contribution >= 4 is 40.2 Å². The second kappa shape index (κ2) is 11.3. The van der Waals surface area contributed by atoms with Gasteiger partial charge in [-0.05, 0) is 37.1 Å². The summed E-state index contributed by atoms with van der Waals surface area (Å²) < 4.78 is 80.0. The molecule has 0 aromatic carbocycles. The smallest absolute Gasteiger partial charge is 0.339 e. The maximum absolute atomic E-state index is 13.3. The van der Waals surface area contributed by atoms with Crippen LogP contribution in [0, 0.1) is 0 Å². The Kier molecular flexibility index (Phi) is 8.30. The van der Waals surface area contributed by atoms with E-state index in [1.165, 1.54) is 18.2 Å². The lowest BCUT2D eigenvalue weighted by Crippen LogP contribution is -2.46. The topological polar surface area (TPSA) is 91.8 Å². The molecule has 1 atom stereocenters. The fourth-order valence-corrected chi connectivity index (χ4v) is 4.08. The molecule has 0 bridgehead atoms. The Morgan fingerprint density at radius 2 is 1.76 bits per heavy atom. The second-order valence-corrected chi connectivity index (χ2v) is 9.25. The standard InChI is InChI=1S/C22H21F6IN8/c23-21(24,25)16-5-1-4-15(33-16)18-34-19(32-13-6-8-31-17(11-13)22(26,27)28)36-20(35-18)37-10-2-3-14(12-37)30-9-7-29/h1,4-6,8,11,14,30H,2-3,7,9-10,12H2,(H,31,32,34,35,36). The predicted molar refractivity (Wildman–Crippen MR) is 133 cm³/mol. The van der Waals surface area contributed by atoms with Crippen molar-refractivity contribution in [3.8, 4) is 11.5 Å². The lowest BCUT2D eigenvalue weighted by Gasteiger charge is -2.33. The van der Waals surface area contributed by atoms with Gasteiger partial charge in [0.05, 0.1) is 0 Å². The normalized spacial score (nSPS) is 16.6. The molecule has 2 N–H and O–H groups in total. The van der Waals surface area contributed by atoms with Crippen LogP contribution in [0.5, 0.6) is 0 Å². The SMILES string of the molecule is FC(F)(F)c1cc(Nc2nc(-c3cccc(C(F)(F)F)n3)nc(N3CCCC(NCCI)C3)n2)ccn1. The second-order valence-electron chi connectivity index (χ2n) is 8.17. The first kappa shape index (κ1) is 27.2. The maximum atomic E-state index is 13.3. The molecule has 4 heterocycles. The van der Waals surface area contributed by atoms with Gasteiger partial charge in [-0.15, -0.1) is 0 Å². The molecule has 3 aromatic rings. The van der Waals surface area contributed by atoms with E-state index < -0.39 is 23.7 Å². The molecule has 0 aliphatic carbocycles. The molecule has 0 radical (unpaired) electrons. The third kappa shape index (κ3) is 7.15. The highest BCUT2D eigenvalue weighted by atomic mass is 127. The van der Waals surface area contributed by atoms with Crippen molar-refractivity contribution in [2.45, 2.75) is 31.2 Å². The van der Waals surface area contributed by atoms with Gasteiger partial charge in [0.2, 0.25) is 11.9 Å². The molecule has 1 saturated heterocycles. The number of aromatic nitrogens is 5. The molecule has 1 unspecified atom stereocenters. The van der Waals surface area contributed by atoms with Gasteiger partial charge in [-0.2, -0.15) is 41.3 Å². The number of nitrogens with one attached hydrogen (secondary N) is 2. The van der Waals surface area contributed by atoms with Gasteiger partial charge in [0, 0.05) is 42.0 Å². The number of anilines is 3. The molecule has 37 heavy (non-hydrogen) atoms. The van der Waals surface area contributed by atoms with E-state index in [9.17, 15) is 26.3 Å². The van der Waals surface area contributed by atoms with E-state index in [0.29, 0.717) is 13.1 Å². The van der Waals surface area contributed by atoms with Gasteiger partial charge in [0.15, 0.2) is 5.82 Å². The maximum Gasteiger partial charge on any atom is 0.433 e. The Morgan fingerprint density at radius 1 is 0.973 bits per heavy atom. The van der Waals surface area contributed by atoms with Crippen molar-refractivity contribution in [1.29, 1.82) is 0 Å². The highest BCUT2D eigenvalue weighted by molar-refractivity contribution is 14.1. The molecular formula is C22H21F6IN8. The van der Waals surface area contributed by atoms with Gasteiger partial charge in [0.25, 0.3) is 0 Å². The summed E-state index contributed by atoms with van der Waals surface area (Å²) in [7, 11) is 0. The zero-order chi connectivity index (χ0) is 26.6. The van der Waals surface area contributed by atoms with E-state index in [1.54, 1.807) is 0 Å². The summed E-state index contributed by atoms with van der Waals surface area (Å²) in [5, 5.41) is 6.13. The van der Waals surface area contributed by atoms with Crippen LogP contribution in [0.4, 0.5) is 43.9 Å². The molecule has 198 valence electrons. The Hall–Kier alpha value is -2.82. The molecular weight excluding hydrogens is 617 g/mol. The van der Waals surface area contributed by atoms with Gasteiger partial charge >= 0.3 is 12.4 Å². The fraction of sp³-hybridized carbons (Fsp3) is 0.409. The average molecular weight is 638 g/mol. The summed E-state index contributed by atoms with van der Waals surface area (Å²) in [6, 6.07) is 5.58. The van der Waals surface area contributed by atoms with E-state index >= 15 is 0 Å². The van der Waals surface area contributed by atoms with Crippen molar-refractivity contribution in [1.82, 2.24) is 30.2 Å². The number of hydrogen-bond donors (Lipinski definition) is 2. The van der Waals surface area contributed by atoms with Gasteiger partial charge in [-0.25, -0.2) is 4.98 Å². The third-order valence-electron chi connectivity index (χ3n) is 5.43. The first-order valence-electron chi connectivity index (χ1n) is 11.2. The lowest BCUT2D eigenvalue weighted by atomic mass is 10.1. The molecule has 0 spiro atoms. The predicted octanol–water partition coefficient (Wildman–Crippen LogP) is 5.10. The van der Waals surface area contributed by atoms with Crippen LogP contribution in [0.3, 0.4) is 0 Å². The minimum absolute atomic E-state index is 0.00246. The van der Waals surface area contributed by atoms with Crippen LogP contribution in [0.2, 0.25) is 0 Å². The summed E-state index contributed by atoms with van der Waals surface area (Å²) in [4.78, 5) is 21.8. The van der Waals surface area contributed by atoms with E-state index in [4.69, 9.17) is 0 Å². The number of halogens is 7. The van der Waals surface area contributed by atoms with E-state index in [0.717, 1.165) is 42.1 Å². The van der Waals surface area contributed by atoms with Crippen molar-refractivity contribution in [2.75, 3.05) is 34.3 Å². The Labute approximate surface area is 221 Å².